The van der Waals surface area contributed by atoms with Crippen LogP contribution in [0.2, 0.25) is 0 Å². The Morgan fingerprint density at radius 2 is 1.58 bits per heavy atom. The summed E-state index contributed by atoms with van der Waals surface area (Å²) < 4.78 is 54.6. The minimum atomic E-state index is -3.93. The predicted molar refractivity (Wildman–Crippen MR) is 235 cm³/mol. The van der Waals surface area contributed by atoms with Crippen LogP contribution in [0.5, 0.6) is 0 Å². The summed E-state index contributed by atoms with van der Waals surface area (Å²) >= 11 is 0. The SMILES string of the molecule is C=CC1CC(C=C)C(C(=O)OCC(=O)O[C@@H](CC(=O)NS(=O)(=O)C2CC2)C[C@H](O)CCn2c(-c3ccc(F)cc3)c(-c3ccccc3)c(C(=O)Nc3ccccc3)c2C(C)C)C1. The van der Waals surface area contributed by atoms with Gasteiger partial charge in [-0.05, 0) is 97.4 Å². The van der Waals surface area contributed by atoms with E-state index >= 15 is 0 Å². The zero-order chi connectivity index (χ0) is 44.6. The molecular formula is C48H54FN3O9S. The maximum absolute atomic E-state index is 14.4. The van der Waals surface area contributed by atoms with Crippen molar-refractivity contribution in [3.63, 3.8) is 0 Å². The third-order valence-electron chi connectivity index (χ3n) is 11.4. The van der Waals surface area contributed by atoms with E-state index in [0.717, 1.165) is 5.56 Å². The number of carbonyl (C=O) groups is 4. The Morgan fingerprint density at radius 1 is 0.919 bits per heavy atom. The maximum atomic E-state index is 14.4. The van der Waals surface area contributed by atoms with Gasteiger partial charge in [-0.2, -0.15) is 0 Å². The van der Waals surface area contributed by atoms with Crippen LogP contribution in [0.25, 0.3) is 22.4 Å². The summed E-state index contributed by atoms with van der Waals surface area (Å²) in [7, 11) is -3.93. The van der Waals surface area contributed by atoms with Gasteiger partial charge in [0.25, 0.3) is 5.91 Å². The number of rotatable bonds is 20. The van der Waals surface area contributed by atoms with Crippen LogP contribution in [0.3, 0.4) is 0 Å². The van der Waals surface area contributed by atoms with Crippen LogP contribution < -0.4 is 10.0 Å². The first-order valence-corrected chi connectivity index (χ1v) is 22.5. The molecular weight excluding hydrogens is 814 g/mol. The Hall–Kier alpha value is -5.86. The first kappa shape index (κ1) is 45.7. The average Bonchev–Trinajstić information content (AvgIpc) is 3.94. The third-order valence-corrected chi connectivity index (χ3v) is 13.2. The number of anilines is 1. The van der Waals surface area contributed by atoms with Crippen LogP contribution in [0.4, 0.5) is 10.1 Å². The normalized spacial score (nSPS) is 18.4. The molecule has 4 aromatic rings. The molecule has 2 saturated carbocycles. The molecule has 3 unspecified atom stereocenters. The van der Waals surface area contributed by atoms with E-state index in [1.807, 2.05) is 66.9 Å². The Labute approximate surface area is 362 Å². The quantitative estimate of drug-likeness (QED) is 0.0590. The number of aliphatic hydroxyl groups excluding tert-OH is 1. The van der Waals surface area contributed by atoms with Crippen molar-refractivity contribution in [3.8, 4) is 22.4 Å². The number of para-hydroxylation sites is 1. The predicted octanol–water partition coefficient (Wildman–Crippen LogP) is 7.95. The lowest BCUT2D eigenvalue weighted by Gasteiger charge is -2.23. The summed E-state index contributed by atoms with van der Waals surface area (Å²) in [6, 6.07) is 24.3. The van der Waals surface area contributed by atoms with Crippen LogP contribution in [-0.2, 0) is 40.4 Å². The first-order chi connectivity index (χ1) is 29.7. The number of carbonyl (C=O) groups excluding carboxylic acids is 4. The van der Waals surface area contributed by atoms with Crippen molar-refractivity contribution in [1.29, 1.82) is 0 Å². The Bertz CT molecular complexity index is 2360. The van der Waals surface area contributed by atoms with Crippen LogP contribution in [0, 0.1) is 23.6 Å². The number of amides is 2. The summed E-state index contributed by atoms with van der Waals surface area (Å²) in [6.07, 6.45) is 2.10. The number of hydrogen-bond acceptors (Lipinski definition) is 9. The average molecular weight is 868 g/mol. The molecule has 5 atom stereocenters. The number of benzene rings is 3. The van der Waals surface area contributed by atoms with E-state index in [0.29, 0.717) is 59.4 Å². The Kier molecular flexibility index (Phi) is 15.0. The van der Waals surface area contributed by atoms with Gasteiger partial charge in [-0.1, -0.05) is 74.5 Å². The van der Waals surface area contributed by atoms with Crippen molar-refractivity contribution >= 4 is 39.5 Å². The van der Waals surface area contributed by atoms with Crippen molar-refractivity contribution in [2.75, 3.05) is 11.9 Å². The van der Waals surface area contributed by atoms with Crippen LogP contribution in [0.1, 0.15) is 80.8 Å². The fourth-order valence-corrected chi connectivity index (χ4v) is 9.57. The summed E-state index contributed by atoms with van der Waals surface area (Å²) in [4.78, 5) is 53.7. The number of esters is 2. The fourth-order valence-electron chi connectivity index (χ4n) is 8.24. The first-order valence-electron chi connectivity index (χ1n) is 21.0. The monoisotopic (exact) mass is 867 g/mol. The van der Waals surface area contributed by atoms with E-state index in [1.165, 1.54) is 12.1 Å². The third kappa shape index (κ3) is 11.3. The topological polar surface area (TPSA) is 170 Å². The summed E-state index contributed by atoms with van der Waals surface area (Å²) in [6.45, 7) is 10.9. The smallest absolute Gasteiger partial charge is 0.344 e. The van der Waals surface area contributed by atoms with Gasteiger partial charge in [0.05, 0.1) is 35.0 Å². The van der Waals surface area contributed by atoms with Gasteiger partial charge >= 0.3 is 11.9 Å². The number of ether oxygens (including phenoxy) is 2. The lowest BCUT2D eigenvalue weighted by Crippen LogP contribution is -2.37. The molecule has 328 valence electrons. The zero-order valence-corrected chi connectivity index (χ0v) is 35.8. The molecule has 0 aliphatic heterocycles. The largest absolute Gasteiger partial charge is 0.459 e. The molecule has 2 aliphatic carbocycles. The summed E-state index contributed by atoms with van der Waals surface area (Å²) in [5.41, 5.74) is 4.21. The molecule has 1 aromatic heterocycles. The molecule has 2 amide bonds. The molecule has 3 N–H and O–H groups in total. The highest BCUT2D eigenvalue weighted by molar-refractivity contribution is 7.90. The minimum Gasteiger partial charge on any atom is -0.459 e. The molecule has 14 heteroatoms. The Morgan fingerprint density at radius 3 is 2.19 bits per heavy atom. The molecule has 6 rings (SSSR count). The number of aliphatic hydroxyl groups is 1. The lowest BCUT2D eigenvalue weighted by atomic mass is 9.94. The molecule has 2 aliphatic rings. The van der Waals surface area contributed by atoms with E-state index < -0.39 is 70.1 Å². The second-order valence-electron chi connectivity index (χ2n) is 16.3. The number of aromatic nitrogens is 1. The van der Waals surface area contributed by atoms with Crippen LogP contribution in [-0.4, -0.2) is 65.9 Å². The van der Waals surface area contributed by atoms with E-state index in [2.05, 4.69) is 23.2 Å². The second kappa shape index (κ2) is 20.3. The highest BCUT2D eigenvalue weighted by atomic mass is 32.2. The van der Waals surface area contributed by atoms with Gasteiger partial charge in [-0.15, -0.1) is 13.2 Å². The number of sulfonamides is 1. The highest BCUT2D eigenvalue weighted by Crippen LogP contribution is 2.43. The van der Waals surface area contributed by atoms with Gasteiger partial charge in [-0.3, -0.25) is 19.1 Å². The van der Waals surface area contributed by atoms with Crippen LogP contribution in [0.15, 0.2) is 110 Å². The van der Waals surface area contributed by atoms with Crippen LogP contribution >= 0.6 is 0 Å². The van der Waals surface area contributed by atoms with E-state index in [-0.39, 0.29) is 43.0 Å². The molecule has 0 radical (unpaired) electrons. The molecule has 3 aromatic carbocycles. The molecule has 62 heavy (non-hydrogen) atoms. The summed E-state index contributed by atoms with van der Waals surface area (Å²) in [5.74, 6) is -4.11. The molecule has 12 nitrogen and oxygen atoms in total. The number of hydrogen-bond donors (Lipinski definition) is 3. The molecule has 0 saturated heterocycles. The fraction of sp³-hybridized carbons (Fsp3) is 0.375. The molecule has 0 bridgehead atoms. The van der Waals surface area contributed by atoms with Gasteiger partial charge in [0.1, 0.15) is 11.9 Å². The number of halogens is 1. The van der Waals surface area contributed by atoms with Crippen molar-refractivity contribution in [2.45, 2.75) is 88.7 Å². The molecule has 1 heterocycles. The van der Waals surface area contributed by atoms with Crippen molar-refractivity contribution in [1.82, 2.24) is 9.29 Å². The standard InChI is InChI=1S/C48H54FN3O9S/c1-5-31-25-32(6-2)40(26-31)48(57)60-29-42(55)61-38(28-41(54)51-62(58,59)39-21-22-39)27-37(53)23-24-52-45(30(3)4)44(47(56)50-36-15-11-8-12-16-36)43(33-13-9-7-10-14-33)46(52)34-17-19-35(49)20-18-34/h5-20,30-32,37-40,53H,1-2,21-29H2,3-4H3,(H,50,56)(H,51,54)/t31?,32?,37-,38-,40?/m1/s1. The van der Waals surface area contributed by atoms with Gasteiger partial charge < -0.3 is 24.5 Å². The van der Waals surface area contributed by atoms with Gasteiger partial charge in [-0.25, -0.2) is 17.6 Å². The zero-order valence-electron chi connectivity index (χ0n) is 35.0. The van der Waals surface area contributed by atoms with Crippen molar-refractivity contribution in [3.05, 3.63) is 127 Å². The minimum absolute atomic E-state index is 0.0245. The summed E-state index contributed by atoms with van der Waals surface area (Å²) in [5, 5.41) is 14.0. The van der Waals surface area contributed by atoms with Gasteiger partial charge in [0.2, 0.25) is 15.9 Å². The number of nitrogens with zero attached hydrogens (tertiary/aromatic N) is 1. The number of nitrogens with one attached hydrogen (secondary N) is 2. The van der Waals surface area contributed by atoms with Crippen molar-refractivity contribution in [2.24, 2.45) is 17.8 Å². The Balaban J connectivity index is 1.28. The molecule has 0 spiro atoms. The lowest BCUT2D eigenvalue weighted by molar-refractivity contribution is -0.166. The van der Waals surface area contributed by atoms with Gasteiger partial charge in [0.15, 0.2) is 6.61 Å². The molecule has 2 fully saturated rings. The highest BCUT2D eigenvalue weighted by Gasteiger charge is 2.39. The van der Waals surface area contributed by atoms with E-state index in [4.69, 9.17) is 9.47 Å². The maximum Gasteiger partial charge on any atom is 0.344 e. The number of allylic oxidation sites excluding steroid dienone is 2. The van der Waals surface area contributed by atoms with E-state index in [9.17, 15) is 37.1 Å². The van der Waals surface area contributed by atoms with Crippen molar-refractivity contribution < 1.29 is 46.6 Å². The second-order valence-corrected chi connectivity index (χ2v) is 18.3. The van der Waals surface area contributed by atoms with Gasteiger partial charge in [0, 0.05) is 29.9 Å². The van der Waals surface area contributed by atoms with E-state index in [1.54, 1.807) is 36.4 Å².